The molecule has 0 aliphatic carbocycles. The molecule has 106 valence electrons. The second-order valence-electron chi connectivity index (χ2n) is 5.85. The predicted octanol–water partition coefficient (Wildman–Crippen LogP) is 1.42. The summed E-state index contributed by atoms with van der Waals surface area (Å²) < 4.78 is 0. The molecule has 0 spiro atoms. The third-order valence-corrected chi connectivity index (χ3v) is 4.15. The van der Waals surface area contributed by atoms with Gasteiger partial charge in [-0.05, 0) is 31.6 Å². The van der Waals surface area contributed by atoms with E-state index in [0.717, 1.165) is 45.4 Å². The smallest absolute Gasteiger partial charge is 0.317 e. The van der Waals surface area contributed by atoms with E-state index in [0.29, 0.717) is 12.5 Å². The summed E-state index contributed by atoms with van der Waals surface area (Å²) in [6.07, 6.45) is 4.26. The van der Waals surface area contributed by atoms with Gasteiger partial charge < -0.3 is 10.2 Å². The highest BCUT2D eigenvalue weighted by molar-refractivity contribution is 5.74. The Kier molecular flexibility index (Phi) is 5.03. The lowest BCUT2D eigenvalue weighted by atomic mass is 10.0. The predicted molar refractivity (Wildman–Crippen MR) is 73.6 cm³/mol. The van der Waals surface area contributed by atoms with Gasteiger partial charge in [-0.25, -0.2) is 4.79 Å². The molecule has 19 heavy (non-hydrogen) atoms. The van der Waals surface area contributed by atoms with Crippen LogP contribution in [0.5, 0.6) is 0 Å². The normalized spacial score (nSPS) is 25.9. The third kappa shape index (κ3) is 4.10. The zero-order chi connectivity index (χ0) is 13.7. The fourth-order valence-electron chi connectivity index (χ4n) is 2.98. The molecule has 0 radical (unpaired) electrons. The van der Waals surface area contributed by atoms with Crippen molar-refractivity contribution in [2.75, 3.05) is 32.7 Å². The van der Waals surface area contributed by atoms with E-state index in [9.17, 15) is 4.79 Å². The summed E-state index contributed by atoms with van der Waals surface area (Å²) in [5.74, 6) is 0.622. The Labute approximate surface area is 115 Å². The van der Waals surface area contributed by atoms with Crippen molar-refractivity contribution >= 4 is 6.03 Å². The summed E-state index contributed by atoms with van der Waals surface area (Å²) in [7, 11) is 0. The van der Waals surface area contributed by atoms with Crippen molar-refractivity contribution in [3.63, 3.8) is 0 Å². The maximum atomic E-state index is 12.2. The van der Waals surface area contributed by atoms with E-state index in [4.69, 9.17) is 5.26 Å². The number of amides is 2. The first-order valence-electron chi connectivity index (χ1n) is 7.34. The van der Waals surface area contributed by atoms with Crippen LogP contribution in [0.15, 0.2) is 0 Å². The molecule has 1 unspecified atom stereocenters. The molecule has 0 saturated carbocycles. The van der Waals surface area contributed by atoms with Crippen LogP contribution in [-0.4, -0.2) is 54.6 Å². The van der Waals surface area contributed by atoms with Crippen LogP contribution in [0.2, 0.25) is 0 Å². The highest BCUT2D eigenvalue weighted by atomic mass is 16.2. The van der Waals surface area contributed by atoms with E-state index >= 15 is 0 Å². The van der Waals surface area contributed by atoms with Gasteiger partial charge in [0.1, 0.15) is 0 Å². The quantitative estimate of drug-likeness (QED) is 0.767. The summed E-state index contributed by atoms with van der Waals surface area (Å²) in [5, 5.41) is 11.8. The number of rotatable bonds is 2. The molecule has 1 N–H and O–H groups in total. The van der Waals surface area contributed by atoms with Crippen LogP contribution >= 0.6 is 0 Å². The number of nitriles is 1. The van der Waals surface area contributed by atoms with Crippen LogP contribution in [-0.2, 0) is 0 Å². The van der Waals surface area contributed by atoms with Crippen molar-refractivity contribution in [2.24, 2.45) is 5.92 Å². The highest BCUT2D eigenvalue weighted by Crippen LogP contribution is 2.16. The lowest BCUT2D eigenvalue weighted by Crippen LogP contribution is -2.51. The standard InChI is InChI=1S/C14H24N4O/c1-12-3-2-7-18(11-12)14(19)16-13-4-8-17(9-5-13)10-6-15/h12-13H,2-5,7-11H2,1H3,(H,16,19). The first kappa shape index (κ1) is 14.1. The molecule has 0 aromatic heterocycles. The van der Waals surface area contributed by atoms with Crippen LogP contribution in [0.3, 0.4) is 0 Å². The Morgan fingerprint density at radius 3 is 2.68 bits per heavy atom. The van der Waals surface area contributed by atoms with Gasteiger partial charge in [0.25, 0.3) is 0 Å². The molecule has 0 aromatic rings. The lowest BCUT2D eigenvalue weighted by Gasteiger charge is -2.35. The van der Waals surface area contributed by atoms with E-state index in [-0.39, 0.29) is 12.1 Å². The van der Waals surface area contributed by atoms with E-state index in [1.807, 2.05) is 4.90 Å². The number of likely N-dealkylation sites (tertiary alicyclic amines) is 2. The summed E-state index contributed by atoms with van der Waals surface area (Å²) in [6.45, 7) is 6.32. The second kappa shape index (κ2) is 6.76. The topological polar surface area (TPSA) is 59.4 Å². The van der Waals surface area contributed by atoms with Gasteiger partial charge in [0, 0.05) is 32.2 Å². The van der Waals surface area contributed by atoms with Crippen LogP contribution < -0.4 is 5.32 Å². The highest BCUT2D eigenvalue weighted by Gasteiger charge is 2.25. The minimum absolute atomic E-state index is 0.102. The Bertz CT molecular complexity index is 344. The summed E-state index contributed by atoms with van der Waals surface area (Å²) in [6, 6.07) is 2.56. The molecule has 2 aliphatic rings. The Balaban J connectivity index is 1.73. The average Bonchev–Trinajstić information content (AvgIpc) is 2.41. The Hall–Kier alpha value is -1.28. The van der Waals surface area contributed by atoms with Crippen LogP contribution in [0.25, 0.3) is 0 Å². The van der Waals surface area contributed by atoms with Crippen LogP contribution in [0.1, 0.15) is 32.6 Å². The molecule has 2 amide bonds. The second-order valence-corrected chi connectivity index (χ2v) is 5.85. The van der Waals surface area contributed by atoms with Gasteiger partial charge >= 0.3 is 6.03 Å². The number of carbonyl (C=O) groups is 1. The molecular weight excluding hydrogens is 240 g/mol. The summed E-state index contributed by atoms with van der Waals surface area (Å²) in [5.41, 5.74) is 0. The van der Waals surface area contributed by atoms with Gasteiger partial charge in [0.05, 0.1) is 12.6 Å². The number of nitrogens with one attached hydrogen (secondary N) is 1. The van der Waals surface area contributed by atoms with Crippen LogP contribution in [0, 0.1) is 17.2 Å². The number of urea groups is 1. The molecular formula is C14H24N4O. The number of piperidine rings is 2. The maximum Gasteiger partial charge on any atom is 0.317 e. The molecule has 2 fully saturated rings. The molecule has 2 heterocycles. The molecule has 5 heteroatoms. The molecule has 0 bridgehead atoms. The first-order valence-corrected chi connectivity index (χ1v) is 7.34. The van der Waals surface area contributed by atoms with E-state index in [2.05, 4.69) is 23.2 Å². The van der Waals surface area contributed by atoms with E-state index in [1.54, 1.807) is 0 Å². The van der Waals surface area contributed by atoms with Gasteiger partial charge in [-0.3, -0.25) is 4.90 Å². The molecule has 1 atom stereocenters. The van der Waals surface area contributed by atoms with Gasteiger partial charge in [0.15, 0.2) is 0 Å². The van der Waals surface area contributed by atoms with Crippen molar-refractivity contribution in [1.29, 1.82) is 5.26 Å². The minimum atomic E-state index is 0.102. The molecule has 0 aromatic carbocycles. The maximum absolute atomic E-state index is 12.2. The first-order chi connectivity index (χ1) is 9.19. The van der Waals surface area contributed by atoms with E-state index < -0.39 is 0 Å². The average molecular weight is 264 g/mol. The van der Waals surface area contributed by atoms with Gasteiger partial charge in [-0.15, -0.1) is 0 Å². The van der Waals surface area contributed by atoms with E-state index in [1.165, 1.54) is 6.42 Å². The minimum Gasteiger partial charge on any atom is -0.335 e. The number of nitrogens with zero attached hydrogens (tertiary/aromatic N) is 3. The Morgan fingerprint density at radius 1 is 1.32 bits per heavy atom. The largest absolute Gasteiger partial charge is 0.335 e. The van der Waals surface area contributed by atoms with Crippen molar-refractivity contribution in [3.05, 3.63) is 0 Å². The SMILES string of the molecule is CC1CCCN(C(=O)NC2CCN(CC#N)CC2)C1. The van der Waals surface area contributed by atoms with Crippen molar-refractivity contribution < 1.29 is 4.79 Å². The number of hydrogen-bond donors (Lipinski definition) is 1. The van der Waals surface area contributed by atoms with Crippen LogP contribution in [0.4, 0.5) is 4.79 Å². The monoisotopic (exact) mass is 264 g/mol. The van der Waals surface area contributed by atoms with Crippen molar-refractivity contribution in [2.45, 2.75) is 38.6 Å². The van der Waals surface area contributed by atoms with Crippen molar-refractivity contribution in [1.82, 2.24) is 15.1 Å². The summed E-state index contributed by atoms with van der Waals surface area (Å²) in [4.78, 5) is 16.3. The molecule has 2 aliphatic heterocycles. The number of hydrogen-bond acceptors (Lipinski definition) is 3. The van der Waals surface area contributed by atoms with Gasteiger partial charge in [-0.2, -0.15) is 5.26 Å². The summed E-state index contributed by atoms with van der Waals surface area (Å²) >= 11 is 0. The molecule has 2 rings (SSSR count). The zero-order valence-corrected chi connectivity index (χ0v) is 11.8. The molecule has 5 nitrogen and oxygen atoms in total. The molecule has 2 saturated heterocycles. The van der Waals surface area contributed by atoms with Gasteiger partial charge in [0.2, 0.25) is 0 Å². The zero-order valence-electron chi connectivity index (χ0n) is 11.8. The third-order valence-electron chi connectivity index (χ3n) is 4.15. The fraction of sp³-hybridized carbons (Fsp3) is 0.857. The van der Waals surface area contributed by atoms with Gasteiger partial charge in [-0.1, -0.05) is 6.92 Å². The number of carbonyl (C=O) groups excluding carboxylic acids is 1. The van der Waals surface area contributed by atoms with Crippen molar-refractivity contribution in [3.8, 4) is 6.07 Å². The Morgan fingerprint density at radius 2 is 2.05 bits per heavy atom. The fourth-order valence-corrected chi connectivity index (χ4v) is 2.98. The lowest BCUT2D eigenvalue weighted by molar-refractivity contribution is 0.156.